The van der Waals surface area contributed by atoms with Crippen LogP contribution in [0.15, 0.2) is 6.20 Å². The minimum absolute atomic E-state index is 0.800. The van der Waals surface area contributed by atoms with Gasteiger partial charge >= 0.3 is 0 Å². The summed E-state index contributed by atoms with van der Waals surface area (Å²) < 4.78 is 2.34. The lowest BCUT2D eigenvalue weighted by molar-refractivity contribution is 0.375. The average Bonchev–Trinajstić information content (AvgIpc) is 2.48. The molecule has 2 heterocycles. The molecule has 1 aliphatic rings. The zero-order valence-corrected chi connectivity index (χ0v) is 8.38. The van der Waals surface area contributed by atoms with Gasteiger partial charge in [-0.05, 0) is 39.3 Å². The van der Waals surface area contributed by atoms with Crippen LogP contribution >= 0.6 is 0 Å². The Bertz CT molecular complexity index is 290. The number of imidazole rings is 1. The SMILES string of the molecule is CNCC1CCn2c(cnc2C)C1. The Morgan fingerprint density at radius 2 is 2.54 bits per heavy atom. The van der Waals surface area contributed by atoms with Crippen LogP contribution < -0.4 is 5.32 Å². The number of rotatable bonds is 2. The Balaban J connectivity index is 2.11. The number of nitrogens with zero attached hydrogens (tertiary/aromatic N) is 2. The van der Waals surface area contributed by atoms with Gasteiger partial charge in [0.25, 0.3) is 0 Å². The molecule has 0 radical (unpaired) electrons. The number of hydrogen-bond donors (Lipinski definition) is 1. The molecule has 0 spiro atoms. The summed E-state index contributed by atoms with van der Waals surface area (Å²) >= 11 is 0. The van der Waals surface area contributed by atoms with E-state index >= 15 is 0 Å². The lowest BCUT2D eigenvalue weighted by Crippen LogP contribution is -2.27. The van der Waals surface area contributed by atoms with E-state index in [1.54, 1.807) is 0 Å². The predicted molar refractivity (Wildman–Crippen MR) is 52.7 cm³/mol. The molecular formula is C10H17N3. The fourth-order valence-electron chi connectivity index (χ4n) is 2.16. The molecule has 0 saturated carbocycles. The van der Waals surface area contributed by atoms with Crippen molar-refractivity contribution in [3.63, 3.8) is 0 Å². The molecule has 1 unspecified atom stereocenters. The fraction of sp³-hybridized carbons (Fsp3) is 0.700. The van der Waals surface area contributed by atoms with Crippen LogP contribution in [-0.4, -0.2) is 23.1 Å². The summed E-state index contributed by atoms with van der Waals surface area (Å²) in [6, 6.07) is 0. The molecule has 0 fully saturated rings. The molecule has 0 aliphatic carbocycles. The van der Waals surface area contributed by atoms with Gasteiger partial charge in [0.2, 0.25) is 0 Å². The Labute approximate surface area is 79.2 Å². The van der Waals surface area contributed by atoms with Crippen LogP contribution in [0.1, 0.15) is 17.9 Å². The molecule has 1 atom stereocenters. The monoisotopic (exact) mass is 179 g/mol. The Hall–Kier alpha value is -0.830. The first-order valence-electron chi connectivity index (χ1n) is 4.97. The number of fused-ring (bicyclic) bond motifs is 1. The van der Waals surface area contributed by atoms with Crippen LogP contribution in [0, 0.1) is 12.8 Å². The van der Waals surface area contributed by atoms with E-state index in [4.69, 9.17) is 0 Å². The molecule has 0 aromatic carbocycles. The molecule has 1 N–H and O–H groups in total. The third-order valence-corrected chi connectivity index (χ3v) is 2.89. The van der Waals surface area contributed by atoms with Gasteiger partial charge in [-0.3, -0.25) is 0 Å². The third kappa shape index (κ3) is 1.61. The summed E-state index contributed by atoms with van der Waals surface area (Å²) in [5, 5.41) is 3.25. The second-order valence-electron chi connectivity index (χ2n) is 3.86. The van der Waals surface area contributed by atoms with Crippen LogP contribution in [0.5, 0.6) is 0 Å². The van der Waals surface area contributed by atoms with E-state index in [1.807, 2.05) is 13.2 Å². The molecule has 3 heteroatoms. The normalized spacial score (nSPS) is 21.5. The number of nitrogens with one attached hydrogen (secondary N) is 1. The zero-order chi connectivity index (χ0) is 9.26. The molecule has 2 rings (SSSR count). The van der Waals surface area contributed by atoms with Crippen LogP contribution in [-0.2, 0) is 13.0 Å². The summed E-state index contributed by atoms with van der Waals surface area (Å²) in [4.78, 5) is 4.34. The van der Waals surface area contributed by atoms with Crippen molar-refractivity contribution in [3.05, 3.63) is 17.7 Å². The van der Waals surface area contributed by atoms with Gasteiger partial charge in [-0.2, -0.15) is 0 Å². The minimum atomic E-state index is 0.800. The zero-order valence-electron chi connectivity index (χ0n) is 8.38. The summed E-state index contributed by atoms with van der Waals surface area (Å²) in [5.41, 5.74) is 1.41. The van der Waals surface area contributed by atoms with Gasteiger partial charge in [-0.15, -0.1) is 0 Å². The van der Waals surface area contributed by atoms with E-state index in [1.165, 1.54) is 18.5 Å². The molecule has 0 saturated heterocycles. The summed E-state index contributed by atoms with van der Waals surface area (Å²) in [5.74, 6) is 1.96. The second kappa shape index (κ2) is 3.50. The number of aromatic nitrogens is 2. The largest absolute Gasteiger partial charge is 0.332 e. The molecule has 1 aromatic rings. The van der Waals surface area contributed by atoms with Crippen LogP contribution in [0.25, 0.3) is 0 Å². The van der Waals surface area contributed by atoms with Gasteiger partial charge in [0, 0.05) is 18.4 Å². The molecule has 1 aliphatic heterocycles. The van der Waals surface area contributed by atoms with Crippen molar-refractivity contribution >= 4 is 0 Å². The Kier molecular flexibility index (Phi) is 2.36. The number of aryl methyl sites for hydroxylation is 1. The molecule has 0 amide bonds. The van der Waals surface area contributed by atoms with Crippen molar-refractivity contribution in [3.8, 4) is 0 Å². The lowest BCUT2D eigenvalue weighted by Gasteiger charge is -2.24. The van der Waals surface area contributed by atoms with Crippen molar-refractivity contribution in [2.75, 3.05) is 13.6 Å². The minimum Gasteiger partial charge on any atom is -0.332 e. The first-order valence-corrected chi connectivity index (χ1v) is 4.97. The van der Waals surface area contributed by atoms with Gasteiger partial charge in [0.05, 0.1) is 0 Å². The standard InChI is InChI=1S/C10H17N3/c1-8-12-7-10-5-9(6-11-2)3-4-13(8)10/h7,9,11H,3-6H2,1-2H3. The van der Waals surface area contributed by atoms with Crippen molar-refractivity contribution in [2.45, 2.75) is 26.3 Å². The molecule has 13 heavy (non-hydrogen) atoms. The van der Waals surface area contributed by atoms with Crippen molar-refractivity contribution in [2.24, 2.45) is 5.92 Å². The number of hydrogen-bond acceptors (Lipinski definition) is 2. The first-order chi connectivity index (χ1) is 6.31. The maximum Gasteiger partial charge on any atom is 0.105 e. The van der Waals surface area contributed by atoms with Crippen LogP contribution in [0.4, 0.5) is 0 Å². The lowest BCUT2D eigenvalue weighted by atomic mass is 9.96. The van der Waals surface area contributed by atoms with Crippen molar-refractivity contribution in [1.82, 2.24) is 14.9 Å². The van der Waals surface area contributed by atoms with Gasteiger partial charge in [-0.25, -0.2) is 4.98 Å². The van der Waals surface area contributed by atoms with Crippen molar-refractivity contribution < 1.29 is 0 Å². The van der Waals surface area contributed by atoms with E-state index < -0.39 is 0 Å². The van der Waals surface area contributed by atoms with E-state index in [0.717, 1.165) is 24.8 Å². The highest BCUT2D eigenvalue weighted by atomic mass is 15.1. The predicted octanol–water partition coefficient (Wildman–Crippen LogP) is 0.973. The van der Waals surface area contributed by atoms with Crippen molar-refractivity contribution in [1.29, 1.82) is 0 Å². The third-order valence-electron chi connectivity index (χ3n) is 2.89. The quantitative estimate of drug-likeness (QED) is 0.733. The molecule has 1 aromatic heterocycles. The van der Waals surface area contributed by atoms with E-state index in [-0.39, 0.29) is 0 Å². The summed E-state index contributed by atoms with van der Waals surface area (Å²) in [6.07, 6.45) is 4.49. The van der Waals surface area contributed by atoms with Crippen LogP contribution in [0.2, 0.25) is 0 Å². The fourth-order valence-corrected chi connectivity index (χ4v) is 2.16. The van der Waals surface area contributed by atoms with Gasteiger partial charge in [0.15, 0.2) is 0 Å². The molecule has 0 bridgehead atoms. The van der Waals surface area contributed by atoms with E-state index in [0.29, 0.717) is 0 Å². The highest BCUT2D eigenvalue weighted by molar-refractivity contribution is 5.08. The summed E-state index contributed by atoms with van der Waals surface area (Å²) in [6.45, 7) is 4.36. The maximum atomic E-state index is 4.34. The molecule has 72 valence electrons. The highest BCUT2D eigenvalue weighted by Crippen LogP contribution is 2.20. The average molecular weight is 179 g/mol. The van der Waals surface area contributed by atoms with Gasteiger partial charge in [-0.1, -0.05) is 0 Å². The van der Waals surface area contributed by atoms with E-state index in [9.17, 15) is 0 Å². The Morgan fingerprint density at radius 3 is 3.31 bits per heavy atom. The highest BCUT2D eigenvalue weighted by Gasteiger charge is 2.19. The smallest absolute Gasteiger partial charge is 0.105 e. The Morgan fingerprint density at radius 1 is 1.69 bits per heavy atom. The molecule has 3 nitrogen and oxygen atoms in total. The van der Waals surface area contributed by atoms with Gasteiger partial charge < -0.3 is 9.88 Å². The topological polar surface area (TPSA) is 29.9 Å². The van der Waals surface area contributed by atoms with Crippen LogP contribution in [0.3, 0.4) is 0 Å². The second-order valence-corrected chi connectivity index (χ2v) is 3.86. The maximum absolute atomic E-state index is 4.34. The summed E-state index contributed by atoms with van der Waals surface area (Å²) in [7, 11) is 2.02. The first kappa shape index (κ1) is 8.75. The molecular weight excluding hydrogens is 162 g/mol. The van der Waals surface area contributed by atoms with Gasteiger partial charge in [0.1, 0.15) is 5.82 Å². The van der Waals surface area contributed by atoms with E-state index in [2.05, 4.69) is 21.8 Å².